The van der Waals surface area contributed by atoms with E-state index in [2.05, 4.69) is 40.4 Å². The lowest BCUT2D eigenvalue weighted by molar-refractivity contribution is -0.121. The van der Waals surface area contributed by atoms with Gasteiger partial charge in [0.25, 0.3) is 0 Å². The number of nitrogens with zero attached hydrogens (tertiary/aromatic N) is 3. The van der Waals surface area contributed by atoms with Gasteiger partial charge < -0.3 is 10.2 Å². The SMILES string of the molecule is Cc1ccc2c(cnn2CCC(=O)NCCN2CCCCC2)c1. The summed E-state index contributed by atoms with van der Waals surface area (Å²) in [5.74, 6) is 0.109. The van der Waals surface area contributed by atoms with Crippen molar-refractivity contribution in [1.82, 2.24) is 20.0 Å². The first-order chi connectivity index (χ1) is 11.2. The summed E-state index contributed by atoms with van der Waals surface area (Å²) in [6.45, 7) is 6.77. The number of rotatable bonds is 6. The van der Waals surface area contributed by atoms with Crippen LogP contribution >= 0.6 is 0 Å². The van der Waals surface area contributed by atoms with Crippen molar-refractivity contribution in [3.8, 4) is 0 Å². The monoisotopic (exact) mass is 314 g/mol. The Balaban J connectivity index is 1.43. The van der Waals surface area contributed by atoms with Crippen LogP contribution in [0.3, 0.4) is 0 Å². The molecule has 5 nitrogen and oxygen atoms in total. The lowest BCUT2D eigenvalue weighted by Crippen LogP contribution is -2.37. The van der Waals surface area contributed by atoms with E-state index < -0.39 is 0 Å². The van der Waals surface area contributed by atoms with Crippen LogP contribution in [-0.2, 0) is 11.3 Å². The Morgan fingerprint density at radius 1 is 1.22 bits per heavy atom. The Morgan fingerprint density at radius 2 is 2.04 bits per heavy atom. The number of fused-ring (bicyclic) bond motifs is 1. The van der Waals surface area contributed by atoms with Gasteiger partial charge in [0, 0.05) is 24.9 Å². The molecule has 0 radical (unpaired) electrons. The summed E-state index contributed by atoms with van der Waals surface area (Å²) in [7, 11) is 0. The van der Waals surface area contributed by atoms with Gasteiger partial charge in [0.2, 0.25) is 5.91 Å². The van der Waals surface area contributed by atoms with E-state index >= 15 is 0 Å². The van der Waals surface area contributed by atoms with Crippen molar-refractivity contribution in [2.75, 3.05) is 26.2 Å². The largest absolute Gasteiger partial charge is 0.355 e. The first-order valence-corrected chi connectivity index (χ1v) is 8.63. The number of aromatic nitrogens is 2. The smallest absolute Gasteiger partial charge is 0.221 e. The molecule has 2 aromatic rings. The van der Waals surface area contributed by atoms with Crippen molar-refractivity contribution < 1.29 is 4.79 Å². The molecule has 1 fully saturated rings. The molecule has 1 saturated heterocycles. The molecule has 1 aliphatic heterocycles. The Morgan fingerprint density at radius 3 is 2.87 bits per heavy atom. The summed E-state index contributed by atoms with van der Waals surface area (Å²) in [6.07, 6.45) is 6.28. The first-order valence-electron chi connectivity index (χ1n) is 8.63. The molecule has 2 heterocycles. The molecule has 1 N–H and O–H groups in total. The fourth-order valence-electron chi connectivity index (χ4n) is 3.22. The van der Waals surface area contributed by atoms with Crippen molar-refractivity contribution >= 4 is 16.8 Å². The Labute approximate surface area is 137 Å². The van der Waals surface area contributed by atoms with E-state index in [-0.39, 0.29) is 5.91 Å². The molecule has 1 amide bonds. The molecule has 0 atom stereocenters. The van der Waals surface area contributed by atoms with Gasteiger partial charge in [-0.1, -0.05) is 18.1 Å². The molecule has 3 rings (SSSR count). The van der Waals surface area contributed by atoms with Crippen molar-refractivity contribution in [2.24, 2.45) is 0 Å². The number of amides is 1. The number of hydrogen-bond donors (Lipinski definition) is 1. The summed E-state index contributed by atoms with van der Waals surface area (Å²) in [5, 5.41) is 8.55. The summed E-state index contributed by atoms with van der Waals surface area (Å²) >= 11 is 0. The average Bonchev–Trinajstić information content (AvgIpc) is 2.96. The van der Waals surface area contributed by atoms with Crippen LogP contribution in [0.1, 0.15) is 31.2 Å². The van der Waals surface area contributed by atoms with Crippen molar-refractivity contribution in [3.05, 3.63) is 30.0 Å². The van der Waals surface area contributed by atoms with E-state index in [9.17, 15) is 4.79 Å². The molecular formula is C18H26N4O. The highest BCUT2D eigenvalue weighted by Gasteiger charge is 2.10. The van der Waals surface area contributed by atoms with Crippen LogP contribution in [0.25, 0.3) is 10.9 Å². The topological polar surface area (TPSA) is 50.2 Å². The molecule has 23 heavy (non-hydrogen) atoms. The predicted octanol–water partition coefficient (Wildman–Crippen LogP) is 2.34. The number of carbonyl (C=O) groups excluding carboxylic acids is 1. The molecule has 0 saturated carbocycles. The average molecular weight is 314 g/mol. The third kappa shape index (κ3) is 4.32. The Kier molecular flexibility index (Phi) is 5.28. The summed E-state index contributed by atoms with van der Waals surface area (Å²) < 4.78 is 1.92. The molecule has 5 heteroatoms. The minimum Gasteiger partial charge on any atom is -0.355 e. The number of carbonyl (C=O) groups is 1. The summed E-state index contributed by atoms with van der Waals surface area (Å²) in [4.78, 5) is 14.4. The van der Waals surface area contributed by atoms with E-state index in [1.54, 1.807) is 0 Å². The number of benzene rings is 1. The first kappa shape index (κ1) is 16.0. The quantitative estimate of drug-likeness (QED) is 0.890. The molecule has 1 aromatic heterocycles. The van der Waals surface area contributed by atoms with Gasteiger partial charge in [-0.15, -0.1) is 0 Å². The maximum Gasteiger partial charge on any atom is 0.221 e. The predicted molar refractivity (Wildman–Crippen MR) is 92.4 cm³/mol. The Bertz CT molecular complexity index is 658. The number of nitrogens with one attached hydrogen (secondary N) is 1. The van der Waals surface area contributed by atoms with Crippen LogP contribution in [0.4, 0.5) is 0 Å². The maximum absolute atomic E-state index is 12.0. The van der Waals surface area contributed by atoms with Crippen LogP contribution in [0.5, 0.6) is 0 Å². The number of aryl methyl sites for hydroxylation is 2. The Hall–Kier alpha value is -1.88. The highest BCUT2D eigenvalue weighted by atomic mass is 16.1. The van der Waals surface area contributed by atoms with Gasteiger partial charge in [-0.3, -0.25) is 9.48 Å². The van der Waals surface area contributed by atoms with Gasteiger partial charge in [0.05, 0.1) is 18.3 Å². The third-order valence-corrected chi connectivity index (χ3v) is 4.55. The van der Waals surface area contributed by atoms with Gasteiger partial charge in [-0.05, 0) is 45.0 Å². The van der Waals surface area contributed by atoms with Gasteiger partial charge in [-0.2, -0.15) is 5.10 Å². The van der Waals surface area contributed by atoms with Crippen LogP contribution in [0.15, 0.2) is 24.4 Å². The molecule has 0 bridgehead atoms. The molecule has 0 unspecified atom stereocenters. The number of likely N-dealkylation sites (tertiary alicyclic amines) is 1. The van der Waals surface area contributed by atoms with E-state index in [0.717, 1.165) is 24.0 Å². The number of hydrogen-bond acceptors (Lipinski definition) is 3. The van der Waals surface area contributed by atoms with Crippen molar-refractivity contribution in [3.63, 3.8) is 0 Å². The second-order valence-electron chi connectivity index (χ2n) is 6.43. The normalized spacial score (nSPS) is 15.9. The molecule has 0 aliphatic carbocycles. The van der Waals surface area contributed by atoms with E-state index in [1.165, 1.54) is 37.9 Å². The van der Waals surface area contributed by atoms with E-state index in [1.807, 2.05) is 10.9 Å². The lowest BCUT2D eigenvalue weighted by Gasteiger charge is -2.26. The zero-order valence-corrected chi connectivity index (χ0v) is 13.9. The number of piperidine rings is 1. The minimum absolute atomic E-state index is 0.109. The summed E-state index contributed by atoms with van der Waals surface area (Å²) in [5.41, 5.74) is 2.32. The second-order valence-corrected chi connectivity index (χ2v) is 6.43. The molecule has 0 spiro atoms. The molecular weight excluding hydrogens is 288 g/mol. The second kappa shape index (κ2) is 7.59. The van der Waals surface area contributed by atoms with Gasteiger partial charge in [0.1, 0.15) is 0 Å². The molecule has 1 aromatic carbocycles. The van der Waals surface area contributed by atoms with Crippen LogP contribution in [0.2, 0.25) is 0 Å². The summed E-state index contributed by atoms with van der Waals surface area (Å²) in [6, 6.07) is 6.28. The van der Waals surface area contributed by atoms with Crippen molar-refractivity contribution in [1.29, 1.82) is 0 Å². The van der Waals surface area contributed by atoms with Crippen LogP contribution < -0.4 is 5.32 Å². The van der Waals surface area contributed by atoms with Gasteiger partial charge in [0.15, 0.2) is 0 Å². The van der Waals surface area contributed by atoms with Crippen LogP contribution in [-0.4, -0.2) is 46.8 Å². The van der Waals surface area contributed by atoms with Crippen molar-refractivity contribution in [2.45, 2.75) is 39.2 Å². The molecule has 1 aliphatic rings. The van der Waals surface area contributed by atoms with Crippen LogP contribution in [0, 0.1) is 6.92 Å². The van der Waals surface area contributed by atoms with Gasteiger partial charge >= 0.3 is 0 Å². The highest BCUT2D eigenvalue weighted by molar-refractivity contribution is 5.80. The lowest BCUT2D eigenvalue weighted by atomic mass is 10.1. The maximum atomic E-state index is 12.0. The fraction of sp³-hybridized carbons (Fsp3) is 0.556. The van der Waals surface area contributed by atoms with Gasteiger partial charge in [-0.25, -0.2) is 0 Å². The zero-order chi connectivity index (χ0) is 16.1. The fourth-order valence-corrected chi connectivity index (χ4v) is 3.22. The zero-order valence-electron chi connectivity index (χ0n) is 13.9. The third-order valence-electron chi connectivity index (χ3n) is 4.55. The van der Waals surface area contributed by atoms with E-state index in [0.29, 0.717) is 13.0 Å². The molecule has 124 valence electrons. The minimum atomic E-state index is 0.109. The highest BCUT2D eigenvalue weighted by Crippen LogP contribution is 2.15. The van der Waals surface area contributed by atoms with E-state index in [4.69, 9.17) is 0 Å². The standard InChI is InChI=1S/C18H26N4O/c1-15-5-6-17-16(13-15)14-20-22(17)11-7-18(23)19-8-12-21-9-3-2-4-10-21/h5-6,13-14H,2-4,7-12H2,1H3,(H,19,23).